The van der Waals surface area contributed by atoms with E-state index in [0.29, 0.717) is 0 Å². The predicted octanol–water partition coefficient (Wildman–Crippen LogP) is 4.09. The standard InChI is InChI=1S/C25H29N5OS/c1-17-14-21(18(2)29(17)15-19-8-11-26-12-9-19)24-23(22-7-3-4-10-27-22)28-25(32)30(24)16-20-6-5-13-31-20/h3-4,7-12,14,20,23-24H,5-6,13,15-16H2,1-2H3,(H,28,32)/t20-,23+,24-/m0/s1. The van der Waals surface area contributed by atoms with Crippen molar-refractivity contribution in [2.75, 3.05) is 13.2 Å². The molecule has 166 valence electrons. The second-order valence-corrected chi connectivity index (χ2v) is 9.07. The van der Waals surface area contributed by atoms with E-state index in [-0.39, 0.29) is 18.2 Å². The average Bonchev–Trinajstić information content (AvgIpc) is 3.51. The summed E-state index contributed by atoms with van der Waals surface area (Å²) in [4.78, 5) is 11.1. The third-order valence-corrected chi connectivity index (χ3v) is 7.00. The maximum absolute atomic E-state index is 5.97. The first-order chi connectivity index (χ1) is 15.6. The minimum atomic E-state index is -0.0000201. The van der Waals surface area contributed by atoms with Crippen LogP contribution in [0.25, 0.3) is 0 Å². The van der Waals surface area contributed by atoms with Crippen LogP contribution in [0.5, 0.6) is 0 Å². The highest BCUT2D eigenvalue weighted by molar-refractivity contribution is 7.80. The van der Waals surface area contributed by atoms with Gasteiger partial charge in [-0.3, -0.25) is 9.97 Å². The van der Waals surface area contributed by atoms with Crippen molar-refractivity contribution in [1.82, 2.24) is 24.8 Å². The molecule has 6 nitrogen and oxygen atoms in total. The van der Waals surface area contributed by atoms with Crippen LogP contribution in [0.3, 0.4) is 0 Å². The Labute approximate surface area is 194 Å². The van der Waals surface area contributed by atoms with Crippen molar-refractivity contribution in [1.29, 1.82) is 0 Å². The normalized spacial score (nSPS) is 23.0. The highest BCUT2D eigenvalue weighted by atomic mass is 32.1. The molecule has 2 aliphatic heterocycles. The molecule has 3 atom stereocenters. The molecule has 5 heterocycles. The van der Waals surface area contributed by atoms with Gasteiger partial charge in [-0.2, -0.15) is 0 Å². The Morgan fingerprint density at radius 2 is 2.00 bits per heavy atom. The quantitative estimate of drug-likeness (QED) is 0.575. The fourth-order valence-electron chi connectivity index (χ4n) is 4.99. The first-order valence-corrected chi connectivity index (χ1v) is 11.7. The Kier molecular flexibility index (Phi) is 5.93. The molecule has 0 unspecified atom stereocenters. The summed E-state index contributed by atoms with van der Waals surface area (Å²) >= 11 is 5.83. The average molecular weight is 448 g/mol. The molecule has 7 heteroatoms. The van der Waals surface area contributed by atoms with E-state index in [0.717, 1.165) is 43.3 Å². The summed E-state index contributed by atoms with van der Waals surface area (Å²) in [6.07, 6.45) is 7.98. The van der Waals surface area contributed by atoms with E-state index in [1.165, 1.54) is 22.5 Å². The second kappa shape index (κ2) is 9.00. The number of pyridine rings is 2. The van der Waals surface area contributed by atoms with Crippen LogP contribution in [0.1, 0.15) is 53.1 Å². The largest absolute Gasteiger partial charge is 0.376 e. The van der Waals surface area contributed by atoms with Crippen LogP contribution < -0.4 is 5.32 Å². The minimum absolute atomic E-state index is 0.0000201. The highest BCUT2D eigenvalue weighted by Gasteiger charge is 2.42. The number of thiocarbonyl (C=S) groups is 1. The van der Waals surface area contributed by atoms with Crippen molar-refractivity contribution >= 4 is 17.3 Å². The molecule has 2 fully saturated rings. The van der Waals surface area contributed by atoms with Crippen molar-refractivity contribution in [3.63, 3.8) is 0 Å². The van der Waals surface area contributed by atoms with Gasteiger partial charge in [0.15, 0.2) is 5.11 Å². The third-order valence-electron chi connectivity index (χ3n) is 6.64. The maximum atomic E-state index is 5.97. The molecular formula is C25H29N5OS. The Hall–Kier alpha value is -2.77. The molecule has 0 aliphatic carbocycles. The number of nitrogens with zero attached hydrogens (tertiary/aromatic N) is 4. The first-order valence-electron chi connectivity index (χ1n) is 11.3. The molecule has 1 N–H and O–H groups in total. The Bertz CT molecular complexity index is 1080. The number of rotatable bonds is 6. The molecule has 3 aromatic rings. The summed E-state index contributed by atoms with van der Waals surface area (Å²) in [6, 6.07) is 12.6. The lowest BCUT2D eigenvalue weighted by molar-refractivity contribution is 0.0842. The van der Waals surface area contributed by atoms with Crippen LogP contribution in [-0.2, 0) is 11.3 Å². The summed E-state index contributed by atoms with van der Waals surface area (Å²) < 4.78 is 8.35. The molecule has 0 bridgehead atoms. The van der Waals surface area contributed by atoms with E-state index in [2.05, 4.69) is 62.9 Å². The van der Waals surface area contributed by atoms with E-state index >= 15 is 0 Å². The van der Waals surface area contributed by atoms with Gasteiger partial charge in [-0.1, -0.05) is 6.07 Å². The van der Waals surface area contributed by atoms with Gasteiger partial charge in [0.25, 0.3) is 0 Å². The van der Waals surface area contributed by atoms with Crippen LogP contribution in [0.4, 0.5) is 0 Å². The van der Waals surface area contributed by atoms with Gasteiger partial charge in [0, 0.05) is 49.7 Å². The second-order valence-electron chi connectivity index (χ2n) is 8.68. The Morgan fingerprint density at radius 3 is 2.72 bits per heavy atom. The highest BCUT2D eigenvalue weighted by Crippen LogP contribution is 2.41. The molecule has 2 aliphatic rings. The number of aromatic nitrogens is 3. The summed E-state index contributed by atoms with van der Waals surface area (Å²) in [5.41, 5.74) is 6.04. The molecule has 3 aromatic heterocycles. The molecule has 0 amide bonds. The number of hydrogen-bond donors (Lipinski definition) is 1. The number of aryl methyl sites for hydroxylation is 1. The van der Waals surface area contributed by atoms with Gasteiger partial charge in [0.2, 0.25) is 0 Å². The van der Waals surface area contributed by atoms with E-state index < -0.39 is 0 Å². The molecule has 0 aromatic carbocycles. The molecule has 5 rings (SSSR count). The van der Waals surface area contributed by atoms with Crippen molar-refractivity contribution in [2.45, 2.75) is 51.4 Å². The summed E-state index contributed by atoms with van der Waals surface area (Å²) in [5, 5.41) is 4.35. The van der Waals surface area contributed by atoms with Crippen LogP contribution in [0.2, 0.25) is 0 Å². The predicted molar refractivity (Wildman–Crippen MR) is 128 cm³/mol. The van der Waals surface area contributed by atoms with E-state index in [1.54, 1.807) is 0 Å². The van der Waals surface area contributed by atoms with Gasteiger partial charge in [0.1, 0.15) is 0 Å². The fourth-order valence-corrected chi connectivity index (χ4v) is 5.30. The van der Waals surface area contributed by atoms with Crippen LogP contribution in [-0.4, -0.2) is 43.8 Å². The molecule has 32 heavy (non-hydrogen) atoms. The number of ether oxygens (including phenoxy) is 1. The zero-order valence-electron chi connectivity index (χ0n) is 18.6. The van der Waals surface area contributed by atoms with Crippen LogP contribution in [0, 0.1) is 13.8 Å². The third kappa shape index (κ3) is 4.02. The lowest BCUT2D eigenvalue weighted by atomic mass is 9.96. The Balaban J connectivity index is 1.53. The zero-order chi connectivity index (χ0) is 22.1. The van der Waals surface area contributed by atoms with Crippen molar-refractivity contribution in [3.05, 3.63) is 83.2 Å². The van der Waals surface area contributed by atoms with Gasteiger partial charge in [-0.05, 0) is 80.4 Å². The monoisotopic (exact) mass is 447 g/mol. The minimum Gasteiger partial charge on any atom is -0.376 e. The van der Waals surface area contributed by atoms with Gasteiger partial charge >= 0.3 is 0 Å². The van der Waals surface area contributed by atoms with Crippen molar-refractivity contribution in [3.8, 4) is 0 Å². The molecular weight excluding hydrogens is 418 g/mol. The lowest BCUT2D eigenvalue weighted by Gasteiger charge is -2.30. The van der Waals surface area contributed by atoms with Crippen LogP contribution >= 0.6 is 12.2 Å². The van der Waals surface area contributed by atoms with Gasteiger partial charge < -0.3 is 19.5 Å². The van der Waals surface area contributed by atoms with Gasteiger partial charge in [0.05, 0.1) is 23.9 Å². The summed E-state index contributed by atoms with van der Waals surface area (Å²) in [7, 11) is 0. The number of hydrogen-bond acceptors (Lipinski definition) is 4. The topological polar surface area (TPSA) is 55.2 Å². The SMILES string of the molecule is Cc1cc([C@H]2[C@@H](c3ccccn3)NC(=S)N2C[C@@H]2CCCO2)c(C)n1Cc1ccncc1. The molecule has 0 saturated carbocycles. The fraction of sp³-hybridized carbons (Fsp3) is 0.400. The van der Waals surface area contributed by atoms with Crippen LogP contribution in [0.15, 0.2) is 55.0 Å². The van der Waals surface area contributed by atoms with Gasteiger partial charge in [-0.25, -0.2) is 0 Å². The molecule has 2 saturated heterocycles. The zero-order valence-corrected chi connectivity index (χ0v) is 19.4. The summed E-state index contributed by atoms with van der Waals surface area (Å²) in [6.45, 7) is 6.86. The molecule has 0 spiro atoms. The lowest BCUT2D eigenvalue weighted by Crippen LogP contribution is -2.36. The van der Waals surface area contributed by atoms with Gasteiger partial charge in [-0.15, -0.1) is 0 Å². The smallest absolute Gasteiger partial charge is 0.170 e. The Morgan fingerprint density at radius 1 is 1.16 bits per heavy atom. The van der Waals surface area contributed by atoms with E-state index in [9.17, 15) is 0 Å². The van der Waals surface area contributed by atoms with Crippen molar-refractivity contribution < 1.29 is 4.74 Å². The summed E-state index contributed by atoms with van der Waals surface area (Å²) in [5.74, 6) is 0. The molecule has 0 radical (unpaired) electrons. The number of nitrogens with one attached hydrogen (secondary N) is 1. The van der Waals surface area contributed by atoms with E-state index in [1.807, 2.05) is 30.7 Å². The first kappa shape index (κ1) is 21.1. The van der Waals surface area contributed by atoms with Crippen molar-refractivity contribution in [2.24, 2.45) is 0 Å². The maximum Gasteiger partial charge on any atom is 0.170 e. The van der Waals surface area contributed by atoms with E-state index in [4.69, 9.17) is 17.0 Å².